The third kappa shape index (κ3) is 2.07. The number of aromatic nitrogens is 1. The highest BCUT2D eigenvalue weighted by Gasteiger charge is 2.12. The molecule has 0 spiro atoms. The average Bonchev–Trinajstić information content (AvgIpc) is 3.00. The van der Waals surface area contributed by atoms with Crippen LogP contribution in [-0.2, 0) is 9.37 Å². The van der Waals surface area contributed by atoms with Gasteiger partial charge in [0, 0.05) is 28.7 Å². The van der Waals surface area contributed by atoms with Gasteiger partial charge in [0.25, 0.3) is 0 Å². The molecule has 2 heterocycles. The molecule has 0 saturated carbocycles. The second kappa shape index (κ2) is 4.74. The first-order chi connectivity index (χ1) is 10.2. The Kier molecular flexibility index (Phi) is 2.86. The maximum Gasteiger partial charge on any atom is 0.192 e. The minimum Gasteiger partial charge on any atom is -0.456 e. The van der Waals surface area contributed by atoms with Gasteiger partial charge in [-0.1, -0.05) is 5.04 Å². The molecule has 0 atom stereocenters. The molecule has 7 heteroatoms. The largest absolute Gasteiger partial charge is 0.456 e. The molecule has 0 unspecified atom stereocenters. The standard InChI is InChI=1S/C14H9NO5S/c1-7-15-11-6-13-10(5-14(11)17-7)9-4-8(21-20-19-16)2-3-12(9)18-13/h2-6,16H,1H3. The molecule has 6 nitrogen and oxygen atoms in total. The van der Waals surface area contributed by atoms with Gasteiger partial charge in [0.2, 0.25) is 0 Å². The molecule has 2 aromatic carbocycles. The maximum atomic E-state index is 8.21. The van der Waals surface area contributed by atoms with E-state index in [1.807, 2.05) is 24.3 Å². The van der Waals surface area contributed by atoms with E-state index >= 15 is 0 Å². The van der Waals surface area contributed by atoms with Crippen LogP contribution in [0.5, 0.6) is 0 Å². The van der Waals surface area contributed by atoms with Crippen LogP contribution < -0.4 is 0 Å². The van der Waals surface area contributed by atoms with Gasteiger partial charge in [0.1, 0.15) is 16.7 Å². The van der Waals surface area contributed by atoms with E-state index in [1.165, 1.54) is 0 Å². The summed E-state index contributed by atoms with van der Waals surface area (Å²) in [7, 11) is 0. The number of rotatable bonds is 3. The number of hydrogen-bond donors (Lipinski definition) is 1. The zero-order chi connectivity index (χ0) is 14.4. The second-order valence-corrected chi connectivity index (χ2v) is 5.31. The fourth-order valence-corrected chi connectivity index (χ4v) is 2.80. The summed E-state index contributed by atoms with van der Waals surface area (Å²) in [6.45, 7) is 1.81. The lowest BCUT2D eigenvalue weighted by atomic mass is 10.1. The van der Waals surface area contributed by atoms with Crippen LogP contribution in [0.2, 0.25) is 0 Å². The predicted molar refractivity (Wildman–Crippen MR) is 76.7 cm³/mol. The normalized spacial score (nSPS) is 11.9. The van der Waals surface area contributed by atoms with E-state index in [1.54, 1.807) is 13.0 Å². The van der Waals surface area contributed by atoms with Crippen molar-refractivity contribution in [3.05, 3.63) is 36.2 Å². The van der Waals surface area contributed by atoms with Crippen LogP contribution in [0.4, 0.5) is 0 Å². The lowest BCUT2D eigenvalue weighted by Crippen LogP contribution is -1.78. The zero-order valence-corrected chi connectivity index (χ0v) is 11.6. The van der Waals surface area contributed by atoms with Crippen LogP contribution in [0.1, 0.15) is 5.89 Å². The lowest BCUT2D eigenvalue weighted by Gasteiger charge is -1.97. The zero-order valence-electron chi connectivity index (χ0n) is 10.8. The number of hydrogen-bond acceptors (Lipinski definition) is 7. The monoisotopic (exact) mass is 303 g/mol. The Bertz CT molecular complexity index is 958. The van der Waals surface area contributed by atoms with E-state index in [0.29, 0.717) is 5.89 Å². The van der Waals surface area contributed by atoms with E-state index in [4.69, 9.17) is 14.1 Å². The Balaban J connectivity index is 1.96. The van der Waals surface area contributed by atoms with Crippen molar-refractivity contribution in [2.45, 2.75) is 11.8 Å². The van der Waals surface area contributed by atoms with Crippen molar-refractivity contribution >= 4 is 45.1 Å². The van der Waals surface area contributed by atoms with Crippen LogP contribution in [0.25, 0.3) is 33.0 Å². The van der Waals surface area contributed by atoms with Crippen LogP contribution >= 0.6 is 12.0 Å². The summed E-state index contributed by atoms with van der Waals surface area (Å²) in [5, 5.41) is 13.7. The summed E-state index contributed by atoms with van der Waals surface area (Å²) in [5.74, 6) is 0.617. The Morgan fingerprint density at radius 2 is 1.90 bits per heavy atom. The van der Waals surface area contributed by atoms with Gasteiger partial charge in [-0.2, -0.15) is 0 Å². The molecule has 2 aromatic heterocycles. The van der Waals surface area contributed by atoms with Crippen molar-refractivity contribution in [2.24, 2.45) is 0 Å². The molecule has 0 aliphatic carbocycles. The first kappa shape index (κ1) is 12.7. The van der Waals surface area contributed by atoms with Crippen molar-refractivity contribution in [1.29, 1.82) is 0 Å². The smallest absolute Gasteiger partial charge is 0.192 e. The summed E-state index contributed by atoms with van der Waals surface area (Å²) >= 11 is 0.905. The number of benzene rings is 2. The number of nitrogens with zero attached hydrogens (tertiary/aromatic N) is 1. The van der Waals surface area contributed by atoms with E-state index in [2.05, 4.69) is 14.4 Å². The highest BCUT2D eigenvalue weighted by Crippen LogP contribution is 2.34. The van der Waals surface area contributed by atoms with Crippen LogP contribution in [-0.4, -0.2) is 10.2 Å². The topological polar surface area (TPSA) is 77.9 Å². The fourth-order valence-electron chi connectivity index (χ4n) is 2.40. The maximum absolute atomic E-state index is 8.21. The fraction of sp³-hybridized carbons (Fsp3) is 0.0714. The molecule has 106 valence electrons. The number of fused-ring (bicyclic) bond motifs is 4. The van der Waals surface area contributed by atoms with Gasteiger partial charge in [0.05, 0.1) is 12.0 Å². The van der Waals surface area contributed by atoms with Gasteiger partial charge in [0.15, 0.2) is 11.5 Å². The van der Waals surface area contributed by atoms with Crippen molar-refractivity contribution < 1.29 is 23.5 Å². The van der Waals surface area contributed by atoms with Crippen LogP contribution in [0.15, 0.2) is 44.1 Å². The molecule has 0 saturated heterocycles. The molecule has 21 heavy (non-hydrogen) atoms. The van der Waals surface area contributed by atoms with Gasteiger partial charge >= 0.3 is 0 Å². The Labute approximate surface area is 122 Å². The van der Waals surface area contributed by atoms with Gasteiger partial charge in [-0.25, -0.2) is 10.2 Å². The molecule has 0 radical (unpaired) electrons. The summed E-state index contributed by atoms with van der Waals surface area (Å²) in [6.07, 6.45) is 0. The predicted octanol–water partition coefficient (Wildman–Crippen LogP) is 4.46. The van der Waals surface area contributed by atoms with Gasteiger partial charge in [-0.15, -0.1) is 4.33 Å². The molecule has 0 amide bonds. The van der Waals surface area contributed by atoms with Crippen molar-refractivity contribution in [1.82, 2.24) is 4.98 Å². The van der Waals surface area contributed by atoms with Gasteiger partial charge in [-0.3, -0.25) is 0 Å². The summed E-state index contributed by atoms with van der Waals surface area (Å²) in [6, 6.07) is 9.30. The highest BCUT2D eigenvalue weighted by atomic mass is 32.2. The molecule has 1 N–H and O–H groups in total. The van der Waals surface area contributed by atoms with Gasteiger partial charge in [-0.05, 0) is 24.3 Å². The molecule has 4 aromatic rings. The molecule has 4 rings (SSSR count). The van der Waals surface area contributed by atoms with Crippen molar-refractivity contribution in [3.8, 4) is 0 Å². The molecule has 0 aliphatic heterocycles. The minimum absolute atomic E-state index is 0.617. The molecule has 0 bridgehead atoms. The van der Waals surface area contributed by atoms with Gasteiger partial charge < -0.3 is 8.83 Å². The van der Waals surface area contributed by atoms with E-state index < -0.39 is 0 Å². The Hall–Kier alpha value is -2.06. The first-order valence-corrected chi connectivity index (χ1v) is 6.87. The quantitative estimate of drug-likeness (QED) is 0.340. The Morgan fingerprint density at radius 3 is 2.76 bits per heavy atom. The third-order valence-electron chi connectivity index (χ3n) is 3.22. The number of aryl methyl sites for hydroxylation is 1. The molecule has 0 fully saturated rings. The number of oxazole rings is 1. The van der Waals surface area contributed by atoms with Crippen molar-refractivity contribution in [3.63, 3.8) is 0 Å². The van der Waals surface area contributed by atoms with Crippen LogP contribution in [0.3, 0.4) is 0 Å². The molecular weight excluding hydrogens is 294 g/mol. The first-order valence-electron chi connectivity index (χ1n) is 6.13. The lowest BCUT2D eigenvalue weighted by molar-refractivity contribution is -0.432. The molecular formula is C14H9NO5S. The SMILES string of the molecule is Cc1nc2cc3oc4ccc(SOOO)cc4c3cc2o1. The third-order valence-corrected chi connectivity index (χ3v) is 3.79. The van der Waals surface area contributed by atoms with Crippen LogP contribution in [0, 0.1) is 6.92 Å². The average molecular weight is 303 g/mol. The number of furan rings is 1. The minimum atomic E-state index is 0.617. The highest BCUT2D eigenvalue weighted by molar-refractivity contribution is 7.94. The summed E-state index contributed by atoms with van der Waals surface area (Å²) < 4.78 is 15.8. The summed E-state index contributed by atoms with van der Waals surface area (Å²) in [4.78, 5) is 5.07. The second-order valence-electron chi connectivity index (χ2n) is 4.53. The summed E-state index contributed by atoms with van der Waals surface area (Å²) in [5.41, 5.74) is 2.98. The van der Waals surface area contributed by atoms with E-state index in [9.17, 15) is 0 Å². The molecule has 0 aliphatic rings. The van der Waals surface area contributed by atoms with Crippen molar-refractivity contribution in [2.75, 3.05) is 0 Å². The Morgan fingerprint density at radius 1 is 1.05 bits per heavy atom. The van der Waals surface area contributed by atoms with E-state index in [0.717, 1.165) is 50.0 Å². The van der Waals surface area contributed by atoms with E-state index in [-0.39, 0.29) is 0 Å².